The smallest absolute Gasteiger partial charge is 0.265 e. The summed E-state index contributed by atoms with van der Waals surface area (Å²) < 4.78 is 20.8. The molecule has 3 N–H and O–H groups in total. The Morgan fingerprint density at radius 1 is 1.27 bits per heavy atom. The highest BCUT2D eigenvalue weighted by molar-refractivity contribution is 9.11. The van der Waals surface area contributed by atoms with Crippen LogP contribution < -0.4 is 25.6 Å². The van der Waals surface area contributed by atoms with Crippen LogP contribution in [0.1, 0.15) is 23.5 Å². The van der Waals surface area contributed by atoms with Gasteiger partial charge >= 0.3 is 0 Å². The van der Waals surface area contributed by atoms with Crippen molar-refractivity contribution in [3.8, 4) is 5.75 Å². The topological polar surface area (TPSA) is 91.4 Å². The monoisotopic (exact) mass is 534 g/mol. The van der Waals surface area contributed by atoms with Gasteiger partial charge in [0.1, 0.15) is 5.75 Å². The quantitative estimate of drug-likeness (QED) is 0.424. The standard InChI is InChI=1S/C22H24BrFN6O2S/c1-12-10-30(11-13(2)26-12)22-25-9-15(24)20(29-22)27-14-4-5-16(17(8-14)32-3)28-21(31)18-6-7-19(23)33-18/h4-9,12-13,26H,10-11H2,1-3H3,(H,28,31)(H,25,27,29)/t12-,13+. The first-order valence-electron chi connectivity index (χ1n) is 10.4. The number of methoxy groups -OCH3 is 1. The van der Waals surface area contributed by atoms with E-state index >= 15 is 0 Å². The average molecular weight is 535 g/mol. The van der Waals surface area contributed by atoms with Gasteiger partial charge in [-0.2, -0.15) is 4.98 Å². The molecule has 4 rings (SSSR count). The maximum Gasteiger partial charge on any atom is 0.265 e. The fourth-order valence-corrected chi connectivity index (χ4v) is 5.00. The van der Waals surface area contributed by atoms with E-state index in [1.165, 1.54) is 24.6 Å². The Morgan fingerprint density at radius 3 is 2.70 bits per heavy atom. The molecule has 0 unspecified atom stereocenters. The van der Waals surface area contributed by atoms with E-state index in [0.29, 0.717) is 27.9 Å². The van der Waals surface area contributed by atoms with Gasteiger partial charge in [-0.05, 0) is 54.0 Å². The van der Waals surface area contributed by atoms with Gasteiger partial charge in [-0.1, -0.05) is 0 Å². The predicted octanol–water partition coefficient (Wildman–Crippen LogP) is 4.63. The van der Waals surface area contributed by atoms with Crippen molar-refractivity contribution in [2.75, 3.05) is 35.7 Å². The highest BCUT2D eigenvalue weighted by Crippen LogP contribution is 2.31. The van der Waals surface area contributed by atoms with Crippen molar-refractivity contribution in [3.05, 3.63) is 51.0 Å². The molecule has 1 aromatic carbocycles. The van der Waals surface area contributed by atoms with Crippen molar-refractivity contribution in [2.45, 2.75) is 25.9 Å². The number of carbonyl (C=O) groups is 1. The minimum absolute atomic E-state index is 0.0705. The van der Waals surface area contributed by atoms with Crippen LogP contribution in [0.25, 0.3) is 0 Å². The van der Waals surface area contributed by atoms with Crippen molar-refractivity contribution in [3.63, 3.8) is 0 Å². The van der Waals surface area contributed by atoms with E-state index in [1.54, 1.807) is 24.3 Å². The Labute approximate surface area is 203 Å². The summed E-state index contributed by atoms with van der Waals surface area (Å²) in [6.07, 6.45) is 1.17. The van der Waals surface area contributed by atoms with Crippen LogP contribution in [0.2, 0.25) is 0 Å². The minimum atomic E-state index is -0.561. The summed E-state index contributed by atoms with van der Waals surface area (Å²) in [7, 11) is 1.51. The Kier molecular flexibility index (Phi) is 7.11. The van der Waals surface area contributed by atoms with E-state index in [4.69, 9.17) is 4.74 Å². The molecule has 0 aliphatic carbocycles. The molecule has 2 atom stereocenters. The van der Waals surface area contributed by atoms with E-state index in [9.17, 15) is 9.18 Å². The maximum absolute atomic E-state index is 14.5. The molecular formula is C22H24BrFN6O2S. The maximum atomic E-state index is 14.5. The van der Waals surface area contributed by atoms with Crippen molar-refractivity contribution in [1.82, 2.24) is 15.3 Å². The summed E-state index contributed by atoms with van der Waals surface area (Å²) in [4.78, 5) is 23.7. The molecule has 11 heteroatoms. The van der Waals surface area contributed by atoms with E-state index in [1.807, 2.05) is 11.0 Å². The van der Waals surface area contributed by atoms with Crippen LogP contribution in [0, 0.1) is 5.82 Å². The second kappa shape index (κ2) is 10.0. The Balaban J connectivity index is 1.52. The number of piperazine rings is 1. The number of aromatic nitrogens is 2. The fourth-order valence-electron chi connectivity index (χ4n) is 3.72. The highest BCUT2D eigenvalue weighted by Gasteiger charge is 2.24. The Bertz CT molecular complexity index is 1150. The molecule has 8 nitrogen and oxygen atoms in total. The number of benzene rings is 1. The Hall–Kier alpha value is -2.76. The van der Waals surface area contributed by atoms with Gasteiger partial charge in [0.15, 0.2) is 11.6 Å². The zero-order valence-corrected chi connectivity index (χ0v) is 20.8. The summed E-state index contributed by atoms with van der Waals surface area (Å²) in [5.41, 5.74) is 1.07. The zero-order valence-electron chi connectivity index (χ0n) is 18.4. The molecular weight excluding hydrogens is 511 g/mol. The van der Waals surface area contributed by atoms with Gasteiger partial charge < -0.3 is 25.6 Å². The van der Waals surface area contributed by atoms with Gasteiger partial charge in [-0.15, -0.1) is 11.3 Å². The number of amides is 1. The van der Waals surface area contributed by atoms with Crippen LogP contribution in [0.5, 0.6) is 5.75 Å². The molecule has 2 aromatic heterocycles. The number of nitrogens with zero attached hydrogens (tertiary/aromatic N) is 3. The second-order valence-electron chi connectivity index (χ2n) is 7.84. The number of ether oxygens (including phenoxy) is 1. The van der Waals surface area contributed by atoms with E-state index in [-0.39, 0.29) is 23.8 Å². The lowest BCUT2D eigenvalue weighted by Gasteiger charge is -2.36. The fraction of sp³-hybridized carbons (Fsp3) is 0.318. The highest BCUT2D eigenvalue weighted by atomic mass is 79.9. The van der Waals surface area contributed by atoms with E-state index in [2.05, 4.69) is 55.7 Å². The third-order valence-corrected chi connectivity index (χ3v) is 6.70. The summed E-state index contributed by atoms with van der Waals surface area (Å²) in [5.74, 6) is 0.173. The molecule has 1 fully saturated rings. The first-order valence-corrected chi connectivity index (χ1v) is 12.0. The number of nitrogens with one attached hydrogen (secondary N) is 3. The predicted molar refractivity (Wildman–Crippen MR) is 133 cm³/mol. The number of thiophene rings is 1. The van der Waals surface area contributed by atoms with Crippen molar-refractivity contribution in [1.29, 1.82) is 0 Å². The van der Waals surface area contributed by atoms with Crippen LogP contribution >= 0.6 is 27.3 Å². The number of rotatable bonds is 6. The third kappa shape index (κ3) is 5.60. The lowest BCUT2D eigenvalue weighted by Crippen LogP contribution is -2.54. The lowest BCUT2D eigenvalue weighted by atomic mass is 10.1. The molecule has 0 bridgehead atoms. The van der Waals surface area contributed by atoms with Gasteiger partial charge in [-0.25, -0.2) is 9.37 Å². The first kappa shape index (κ1) is 23.4. The molecule has 33 heavy (non-hydrogen) atoms. The van der Waals surface area contributed by atoms with E-state index in [0.717, 1.165) is 16.9 Å². The molecule has 3 aromatic rings. The van der Waals surface area contributed by atoms with Crippen LogP contribution in [-0.4, -0.2) is 48.2 Å². The summed E-state index contributed by atoms with van der Waals surface area (Å²) in [6.45, 7) is 5.65. The lowest BCUT2D eigenvalue weighted by molar-refractivity contribution is 0.103. The van der Waals surface area contributed by atoms with Crippen LogP contribution in [-0.2, 0) is 0 Å². The van der Waals surface area contributed by atoms with Gasteiger partial charge in [0.2, 0.25) is 5.95 Å². The Morgan fingerprint density at radius 2 is 2.03 bits per heavy atom. The van der Waals surface area contributed by atoms with Crippen molar-refractivity contribution in [2.24, 2.45) is 0 Å². The molecule has 0 radical (unpaired) electrons. The SMILES string of the molecule is COc1cc(Nc2nc(N3C[C@@H](C)N[C@@H](C)C3)ncc2F)ccc1NC(=O)c1ccc(Br)s1. The molecule has 174 valence electrons. The van der Waals surface area contributed by atoms with Crippen LogP contribution in [0.4, 0.5) is 27.5 Å². The molecule has 0 saturated carbocycles. The van der Waals surface area contributed by atoms with Crippen LogP contribution in [0.3, 0.4) is 0 Å². The summed E-state index contributed by atoms with van der Waals surface area (Å²) in [6, 6.07) is 9.20. The number of anilines is 4. The third-order valence-electron chi connectivity index (χ3n) is 5.08. The molecule has 1 amide bonds. The molecule has 1 aliphatic heterocycles. The number of hydrogen-bond donors (Lipinski definition) is 3. The van der Waals surface area contributed by atoms with Crippen LogP contribution in [0.15, 0.2) is 40.3 Å². The van der Waals surface area contributed by atoms with Gasteiger partial charge in [-0.3, -0.25) is 4.79 Å². The van der Waals surface area contributed by atoms with Gasteiger partial charge in [0, 0.05) is 36.9 Å². The van der Waals surface area contributed by atoms with Crippen molar-refractivity contribution >= 4 is 56.3 Å². The molecule has 0 spiro atoms. The first-order chi connectivity index (χ1) is 15.8. The molecule has 1 aliphatic rings. The number of carbonyl (C=O) groups excluding carboxylic acids is 1. The summed E-state index contributed by atoms with van der Waals surface area (Å²) in [5, 5.41) is 9.29. The normalized spacial score (nSPS) is 18.2. The molecule has 1 saturated heterocycles. The average Bonchev–Trinajstić information content (AvgIpc) is 3.22. The minimum Gasteiger partial charge on any atom is -0.494 e. The number of halogens is 2. The van der Waals surface area contributed by atoms with Gasteiger partial charge in [0.25, 0.3) is 5.91 Å². The largest absolute Gasteiger partial charge is 0.494 e. The van der Waals surface area contributed by atoms with Gasteiger partial charge in [0.05, 0.1) is 27.7 Å². The second-order valence-corrected chi connectivity index (χ2v) is 10.3. The zero-order chi connectivity index (χ0) is 23.5. The van der Waals surface area contributed by atoms with E-state index < -0.39 is 5.82 Å². The van der Waals surface area contributed by atoms with Crippen molar-refractivity contribution < 1.29 is 13.9 Å². The molecule has 3 heterocycles. The summed E-state index contributed by atoms with van der Waals surface area (Å²) >= 11 is 4.69. The number of hydrogen-bond acceptors (Lipinski definition) is 8.